The maximum absolute atomic E-state index is 14.3. The lowest BCUT2D eigenvalue weighted by atomic mass is 10.1. The van der Waals surface area contributed by atoms with Gasteiger partial charge in [0.2, 0.25) is 5.43 Å². The molecule has 0 fully saturated rings. The Morgan fingerprint density at radius 2 is 1.86 bits per heavy atom. The van der Waals surface area contributed by atoms with Crippen LogP contribution in [0.2, 0.25) is 0 Å². The number of nitriles is 1. The van der Waals surface area contributed by atoms with Crippen molar-refractivity contribution in [2.75, 3.05) is 18.4 Å². The molecule has 0 amide bonds. The first-order valence-corrected chi connectivity index (χ1v) is 8.61. The Morgan fingerprint density at radius 3 is 2.45 bits per heavy atom. The summed E-state index contributed by atoms with van der Waals surface area (Å²) in [6.07, 6.45) is -3.13. The van der Waals surface area contributed by atoms with E-state index in [1.54, 1.807) is 6.07 Å². The number of rotatable bonds is 5. The Bertz CT molecular complexity index is 1140. The minimum absolute atomic E-state index is 0.00626. The normalized spacial score (nSPS) is 11.4. The van der Waals surface area contributed by atoms with Crippen LogP contribution in [0.1, 0.15) is 16.7 Å². The Hall–Kier alpha value is -3.38. The highest BCUT2D eigenvalue weighted by Crippen LogP contribution is 2.29. The van der Waals surface area contributed by atoms with Crippen LogP contribution in [0.5, 0.6) is 0 Å². The number of nitrogens with zero attached hydrogens (tertiary/aromatic N) is 2. The van der Waals surface area contributed by atoms with Gasteiger partial charge in [-0.05, 0) is 29.8 Å². The van der Waals surface area contributed by atoms with Crippen LogP contribution in [0, 0.1) is 17.1 Å². The average Bonchev–Trinajstić information content (AvgIpc) is 2.68. The van der Waals surface area contributed by atoms with Gasteiger partial charge in [-0.3, -0.25) is 4.79 Å². The van der Waals surface area contributed by atoms with Crippen LogP contribution in [0.4, 0.5) is 23.2 Å². The van der Waals surface area contributed by atoms with Gasteiger partial charge in [0.05, 0.1) is 22.2 Å². The van der Waals surface area contributed by atoms with E-state index in [1.165, 1.54) is 29.0 Å². The third kappa shape index (κ3) is 4.22. The molecule has 0 aliphatic carbocycles. The van der Waals surface area contributed by atoms with Crippen molar-refractivity contribution in [3.63, 3.8) is 0 Å². The molecule has 0 aliphatic heterocycles. The maximum Gasteiger partial charge on any atom is 0.416 e. The van der Waals surface area contributed by atoms with Crippen molar-refractivity contribution >= 4 is 16.6 Å². The fourth-order valence-corrected chi connectivity index (χ4v) is 2.96. The molecule has 5 nitrogen and oxygen atoms in total. The molecule has 3 aromatic rings. The number of pyridine rings is 1. The van der Waals surface area contributed by atoms with E-state index in [1.807, 2.05) is 0 Å². The molecule has 0 bridgehead atoms. The summed E-state index contributed by atoms with van der Waals surface area (Å²) in [6.45, 7) is 0.663. The molecule has 1 aromatic heterocycles. The molecule has 0 saturated heterocycles. The zero-order valence-electron chi connectivity index (χ0n) is 15.1. The Morgan fingerprint density at radius 1 is 1.17 bits per heavy atom. The van der Waals surface area contributed by atoms with Gasteiger partial charge in [-0.2, -0.15) is 18.4 Å². The van der Waals surface area contributed by atoms with Gasteiger partial charge in [0.1, 0.15) is 17.4 Å². The number of halogens is 4. The average molecular weight is 404 g/mol. The van der Waals surface area contributed by atoms with E-state index in [2.05, 4.69) is 5.32 Å². The highest BCUT2D eigenvalue weighted by molar-refractivity contribution is 5.84. The smallest absolute Gasteiger partial charge is 0.381 e. The van der Waals surface area contributed by atoms with E-state index < -0.39 is 23.0 Å². The van der Waals surface area contributed by atoms with E-state index >= 15 is 0 Å². The molecule has 0 aliphatic rings. The van der Waals surface area contributed by atoms with Crippen molar-refractivity contribution in [3.05, 3.63) is 75.3 Å². The number of nitrogens with two attached hydrogens (primary N) is 1. The molecule has 1 heterocycles. The minimum atomic E-state index is -4.45. The molecular weight excluding hydrogens is 388 g/mol. The van der Waals surface area contributed by atoms with Crippen molar-refractivity contribution in [1.29, 1.82) is 5.26 Å². The van der Waals surface area contributed by atoms with Gasteiger partial charge >= 0.3 is 6.18 Å². The van der Waals surface area contributed by atoms with Crippen molar-refractivity contribution in [2.24, 2.45) is 5.73 Å². The van der Waals surface area contributed by atoms with Crippen molar-refractivity contribution < 1.29 is 17.6 Å². The van der Waals surface area contributed by atoms with Crippen LogP contribution in [-0.4, -0.2) is 17.7 Å². The number of nitrogens with one attached hydrogen (secondary N) is 1. The van der Waals surface area contributed by atoms with Crippen molar-refractivity contribution in [2.45, 2.75) is 12.7 Å². The van der Waals surface area contributed by atoms with Gasteiger partial charge in [-0.25, -0.2) is 4.39 Å². The molecule has 3 N–H and O–H groups in total. The van der Waals surface area contributed by atoms with E-state index in [0.717, 1.165) is 18.2 Å². The Labute approximate surface area is 163 Å². The molecular formula is C20H16F4N4O. The zero-order chi connectivity index (χ0) is 21.2. The largest absolute Gasteiger partial charge is 0.416 e. The van der Waals surface area contributed by atoms with Gasteiger partial charge in [-0.15, -0.1) is 0 Å². The molecule has 2 aromatic carbocycles. The molecule has 0 atom stereocenters. The van der Waals surface area contributed by atoms with Gasteiger partial charge in [0, 0.05) is 25.8 Å². The molecule has 150 valence electrons. The fourth-order valence-electron chi connectivity index (χ4n) is 2.96. The standard InChI is InChI=1S/C20H16F4N4O/c21-16-7-15-18(8-17(16)27-6-5-25)28(11-13(9-26)19(15)29)10-12-1-3-14(4-2-12)20(22,23)24/h1-4,7-8,11,27H,5-6,10,25H2. The summed E-state index contributed by atoms with van der Waals surface area (Å²) < 4.78 is 54.1. The predicted molar refractivity (Wildman–Crippen MR) is 101 cm³/mol. The molecule has 0 unspecified atom stereocenters. The molecule has 9 heteroatoms. The zero-order valence-corrected chi connectivity index (χ0v) is 15.1. The summed E-state index contributed by atoms with van der Waals surface area (Å²) in [5.74, 6) is -0.667. The number of hydrogen-bond acceptors (Lipinski definition) is 4. The second-order valence-corrected chi connectivity index (χ2v) is 6.37. The van der Waals surface area contributed by atoms with Gasteiger partial charge < -0.3 is 15.6 Å². The van der Waals surface area contributed by atoms with Crippen LogP contribution in [0.25, 0.3) is 10.9 Å². The number of benzene rings is 2. The molecule has 0 spiro atoms. The number of aromatic nitrogens is 1. The lowest BCUT2D eigenvalue weighted by Crippen LogP contribution is -2.17. The SMILES string of the molecule is N#Cc1cn(Cc2ccc(C(F)(F)F)cc2)c2cc(NCCN)c(F)cc2c1=O. The van der Waals surface area contributed by atoms with Crippen LogP contribution in [-0.2, 0) is 12.7 Å². The summed E-state index contributed by atoms with van der Waals surface area (Å²) in [7, 11) is 0. The Balaban J connectivity index is 2.11. The first-order chi connectivity index (χ1) is 13.7. The third-order valence-electron chi connectivity index (χ3n) is 4.38. The minimum Gasteiger partial charge on any atom is -0.381 e. The van der Waals surface area contributed by atoms with E-state index in [9.17, 15) is 27.6 Å². The highest BCUT2D eigenvalue weighted by atomic mass is 19.4. The molecule has 0 saturated carbocycles. The molecule has 0 radical (unpaired) electrons. The topological polar surface area (TPSA) is 83.8 Å². The second-order valence-electron chi connectivity index (χ2n) is 6.37. The van der Waals surface area contributed by atoms with Crippen LogP contribution < -0.4 is 16.5 Å². The molecule has 29 heavy (non-hydrogen) atoms. The van der Waals surface area contributed by atoms with Crippen LogP contribution in [0.3, 0.4) is 0 Å². The van der Waals surface area contributed by atoms with Crippen LogP contribution in [0.15, 0.2) is 47.4 Å². The third-order valence-corrected chi connectivity index (χ3v) is 4.38. The monoisotopic (exact) mass is 404 g/mol. The van der Waals surface area contributed by atoms with Gasteiger partial charge in [-0.1, -0.05) is 12.1 Å². The first-order valence-electron chi connectivity index (χ1n) is 8.61. The number of anilines is 1. The Kier molecular flexibility index (Phi) is 5.57. The highest BCUT2D eigenvalue weighted by Gasteiger charge is 2.29. The van der Waals surface area contributed by atoms with Crippen molar-refractivity contribution in [3.8, 4) is 6.07 Å². The van der Waals surface area contributed by atoms with Gasteiger partial charge in [0.25, 0.3) is 0 Å². The fraction of sp³-hybridized carbons (Fsp3) is 0.200. The summed E-state index contributed by atoms with van der Waals surface area (Å²) in [4.78, 5) is 12.4. The predicted octanol–water partition coefficient (Wildman–Crippen LogP) is 3.45. The summed E-state index contributed by atoms with van der Waals surface area (Å²) in [5, 5.41) is 12.0. The summed E-state index contributed by atoms with van der Waals surface area (Å²) in [6, 6.07) is 8.79. The lowest BCUT2D eigenvalue weighted by Gasteiger charge is -2.15. The summed E-state index contributed by atoms with van der Waals surface area (Å²) in [5.41, 5.74) is 4.83. The van der Waals surface area contributed by atoms with E-state index in [4.69, 9.17) is 5.73 Å². The van der Waals surface area contributed by atoms with E-state index in [-0.39, 0.29) is 29.7 Å². The first kappa shape index (κ1) is 20.4. The maximum atomic E-state index is 14.3. The van der Waals surface area contributed by atoms with Crippen molar-refractivity contribution in [1.82, 2.24) is 4.57 Å². The van der Waals surface area contributed by atoms with Crippen LogP contribution >= 0.6 is 0 Å². The molecule has 3 rings (SSSR count). The second kappa shape index (κ2) is 7.93. The van der Waals surface area contributed by atoms with E-state index in [0.29, 0.717) is 17.6 Å². The van der Waals surface area contributed by atoms with Gasteiger partial charge in [0.15, 0.2) is 0 Å². The lowest BCUT2D eigenvalue weighted by molar-refractivity contribution is -0.137. The number of fused-ring (bicyclic) bond motifs is 1. The quantitative estimate of drug-likeness (QED) is 0.638. The number of hydrogen-bond donors (Lipinski definition) is 2. The number of alkyl halides is 3. The summed E-state index contributed by atoms with van der Waals surface area (Å²) >= 11 is 0.